The maximum Gasteiger partial charge on any atom is 0.359 e. The Kier molecular flexibility index (Phi) is 4.92. The first kappa shape index (κ1) is 14.6. The zero-order chi connectivity index (χ0) is 14.4. The first-order chi connectivity index (χ1) is 8.91. The third kappa shape index (κ3) is 4.34. The summed E-state index contributed by atoms with van der Waals surface area (Å²) in [6.45, 7) is 3.32. The van der Waals surface area contributed by atoms with E-state index >= 15 is 0 Å². The SMILES string of the molecule is CC(C)[C@@H](OC(=O)c1cnccn1)C(=O)NC(N)=O. The highest BCUT2D eigenvalue weighted by molar-refractivity contribution is 5.97. The third-order valence-electron chi connectivity index (χ3n) is 2.12. The maximum absolute atomic E-state index is 11.7. The number of nitrogens with one attached hydrogen (secondary N) is 1. The van der Waals surface area contributed by atoms with E-state index in [1.807, 2.05) is 5.32 Å². The molecule has 0 aliphatic heterocycles. The van der Waals surface area contributed by atoms with Gasteiger partial charge < -0.3 is 10.5 Å². The second-order valence-electron chi connectivity index (χ2n) is 4.01. The van der Waals surface area contributed by atoms with Crippen molar-refractivity contribution in [2.45, 2.75) is 20.0 Å². The maximum atomic E-state index is 11.7. The minimum absolute atomic E-state index is 0.0278. The van der Waals surface area contributed by atoms with Gasteiger partial charge in [0.15, 0.2) is 11.8 Å². The van der Waals surface area contributed by atoms with E-state index in [0.29, 0.717) is 0 Å². The number of primary amides is 1. The average molecular weight is 266 g/mol. The van der Waals surface area contributed by atoms with E-state index in [1.165, 1.54) is 18.6 Å². The van der Waals surface area contributed by atoms with Gasteiger partial charge in [0, 0.05) is 12.4 Å². The van der Waals surface area contributed by atoms with Crippen LogP contribution in [0.2, 0.25) is 0 Å². The number of amides is 3. The zero-order valence-corrected chi connectivity index (χ0v) is 10.5. The van der Waals surface area contributed by atoms with Crippen molar-refractivity contribution in [2.75, 3.05) is 0 Å². The van der Waals surface area contributed by atoms with Crippen LogP contribution in [0.4, 0.5) is 4.79 Å². The quantitative estimate of drug-likeness (QED) is 0.730. The summed E-state index contributed by atoms with van der Waals surface area (Å²) in [4.78, 5) is 41.4. The number of aromatic nitrogens is 2. The summed E-state index contributed by atoms with van der Waals surface area (Å²) in [5, 5.41) is 1.87. The Morgan fingerprint density at radius 3 is 2.47 bits per heavy atom. The molecule has 0 bridgehead atoms. The monoisotopic (exact) mass is 266 g/mol. The van der Waals surface area contributed by atoms with Gasteiger partial charge in [-0.05, 0) is 5.92 Å². The van der Waals surface area contributed by atoms with E-state index < -0.39 is 24.0 Å². The van der Waals surface area contributed by atoms with Crippen LogP contribution >= 0.6 is 0 Å². The Hall–Kier alpha value is -2.51. The molecule has 1 aromatic rings. The van der Waals surface area contributed by atoms with Crippen LogP contribution in [0.3, 0.4) is 0 Å². The van der Waals surface area contributed by atoms with Crippen molar-refractivity contribution < 1.29 is 19.1 Å². The number of nitrogens with two attached hydrogens (primary N) is 1. The normalized spacial score (nSPS) is 11.7. The summed E-state index contributed by atoms with van der Waals surface area (Å²) in [5.74, 6) is -1.91. The predicted molar refractivity (Wildman–Crippen MR) is 63.8 cm³/mol. The molecule has 102 valence electrons. The first-order valence-corrected chi connectivity index (χ1v) is 5.49. The molecule has 0 fully saturated rings. The fraction of sp³-hybridized carbons (Fsp3) is 0.364. The van der Waals surface area contributed by atoms with Crippen molar-refractivity contribution >= 4 is 17.9 Å². The Bertz CT molecular complexity index is 475. The molecule has 0 aliphatic carbocycles. The predicted octanol–water partition coefficient (Wildman–Crippen LogP) is -0.147. The summed E-state index contributed by atoms with van der Waals surface area (Å²) in [6.07, 6.45) is 2.80. The van der Waals surface area contributed by atoms with Crippen molar-refractivity contribution in [1.29, 1.82) is 0 Å². The lowest BCUT2D eigenvalue weighted by atomic mass is 10.1. The molecule has 3 amide bonds. The van der Waals surface area contributed by atoms with Crippen molar-refractivity contribution in [2.24, 2.45) is 11.7 Å². The number of urea groups is 1. The van der Waals surface area contributed by atoms with E-state index in [0.717, 1.165) is 0 Å². The standard InChI is InChI=1S/C11H14N4O4/c1-6(2)8(9(16)15-11(12)18)19-10(17)7-5-13-3-4-14-7/h3-6,8H,1-2H3,(H3,12,15,16,18)/t8-/m1/s1. The molecule has 0 unspecified atom stereocenters. The number of nitrogens with zero attached hydrogens (tertiary/aromatic N) is 2. The molecular weight excluding hydrogens is 252 g/mol. The highest BCUT2D eigenvalue weighted by Crippen LogP contribution is 2.09. The molecule has 1 rings (SSSR count). The van der Waals surface area contributed by atoms with Crippen molar-refractivity contribution in [3.63, 3.8) is 0 Å². The van der Waals surface area contributed by atoms with Gasteiger partial charge in [-0.1, -0.05) is 13.8 Å². The number of carbonyl (C=O) groups excluding carboxylic acids is 3. The van der Waals surface area contributed by atoms with Gasteiger partial charge in [0.2, 0.25) is 0 Å². The first-order valence-electron chi connectivity index (χ1n) is 5.49. The van der Waals surface area contributed by atoms with Crippen LogP contribution < -0.4 is 11.1 Å². The Balaban J connectivity index is 2.77. The Morgan fingerprint density at radius 2 is 2.00 bits per heavy atom. The number of ether oxygens (including phenoxy) is 1. The lowest BCUT2D eigenvalue weighted by Crippen LogP contribution is -2.45. The summed E-state index contributed by atoms with van der Waals surface area (Å²) in [5.41, 5.74) is 4.81. The highest BCUT2D eigenvalue weighted by atomic mass is 16.5. The van der Waals surface area contributed by atoms with Gasteiger partial charge >= 0.3 is 12.0 Å². The molecule has 0 aliphatic rings. The number of carbonyl (C=O) groups is 3. The second kappa shape index (κ2) is 6.43. The fourth-order valence-electron chi connectivity index (χ4n) is 1.27. The van der Waals surface area contributed by atoms with Crippen LogP contribution in [0, 0.1) is 5.92 Å². The largest absolute Gasteiger partial charge is 0.447 e. The van der Waals surface area contributed by atoms with E-state index in [9.17, 15) is 14.4 Å². The highest BCUT2D eigenvalue weighted by Gasteiger charge is 2.28. The minimum atomic E-state index is -1.14. The van der Waals surface area contributed by atoms with Gasteiger partial charge in [0.25, 0.3) is 5.91 Å². The zero-order valence-electron chi connectivity index (χ0n) is 10.5. The van der Waals surface area contributed by atoms with Crippen LogP contribution in [-0.4, -0.2) is 34.0 Å². The fourth-order valence-corrected chi connectivity index (χ4v) is 1.27. The van der Waals surface area contributed by atoms with Gasteiger partial charge in [0.05, 0.1) is 6.20 Å². The summed E-state index contributed by atoms with van der Waals surface area (Å²) in [6, 6.07) is -1.01. The molecule has 8 heteroatoms. The van der Waals surface area contributed by atoms with Crippen LogP contribution in [0.1, 0.15) is 24.3 Å². The second-order valence-corrected chi connectivity index (χ2v) is 4.01. The molecule has 8 nitrogen and oxygen atoms in total. The smallest absolute Gasteiger partial charge is 0.359 e. The molecule has 1 heterocycles. The molecular formula is C11H14N4O4. The lowest BCUT2D eigenvalue weighted by Gasteiger charge is -2.19. The van der Waals surface area contributed by atoms with E-state index in [1.54, 1.807) is 13.8 Å². The Labute approximate surface area is 109 Å². The molecule has 0 saturated heterocycles. The summed E-state index contributed by atoms with van der Waals surface area (Å²) in [7, 11) is 0. The number of esters is 1. The minimum Gasteiger partial charge on any atom is -0.447 e. The number of hydrogen-bond acceptors (Lipinski definition) is 6. The summed E-state index contributed by atoms with van der Waals surface area (Å²) < 4.78 is 5.00. The lowest BCUT2D eigenvalue weighted by molar-refractivity contribution is -0.130. The van der Waals surface area contributed by atoms with Gasteiger partial charge in [-0.25, -0.2) is 14.6 Å². The Morgan fingerprint density at radius 1 is 1.32 bits per heavy atom. The number of rotatable bonds is 4. The molecule has 0 saturated carbocycles. The topological polar surface area (TPSA) is 124 Å². The van der Waals surface area contributed by atoms with Gasteiger partial charge in [-0.3, -0.25) is 15.1 Å². The molecule has 0 aromatic carbocycles. The van der Waals surface area contributed by atoms with E-state index in [2.05, 4.69) is 9.97 Å². The molecule has 19 heavy (non-hydrogen) atoms. The molecule has 1 atom stereocenters. The van der Waals surface area contributed by atoms with E-state index in [-0.39, 0.29) is 11.6 Å². The third-order valence-corrected chi connectivity index (χ3v) is 2.12. The van der Waals surface area contributed by atoms with Gasteiger partial charge in [-0.2, -0.15) is 0 Å². The van der Waals surface area contributed by atoms with Gasteiger partial charge in [0.1, 0.15) is 0 Å². The van der Waals surface area contributed by atoms with Gasteiger partial charge in [-0.15, -0.1) is 0 Å². The van der Waals surface area contributed by atoms with Crippen LogP contribution in [0.15, 0.2) is 18.6 Å². The van der Waals surface area contributed by atoms with Crippen molar-refractivity contribution in [1.82, 2.24) is 15.3 Å². The number of imide groups is 1. The van der Waals surface area contributed by atoms with Crippen molar-refractivity contribution in [3.05, 3.63) is 24.3 Å². The molecule has 0 spiro atoms. The molecule has 3 N–H and O–H groups in total. The van der Waals surface area contributed by atoms with Crippen LogP contribution in [0.25, 0.3) is 0 Å². The molecule has 1 aromatic heterocycles. The molecule has 0 radical (unpaired) electrons. The van der Waals surface area contributed by atoms with Crippen molar-refractivity contribution in [3.8, 4) is 0 Å². The summed E-state index contributed by atoms with van der Waals surface area (Å²) >= 11 is 0. The average Bonchev–Trinajstić information content (AvgIpc) is 2.35. The number of hydrogen-bond donors (Lipinski definition) is 2. The van der Waals surface area contributed by atoms with Crippen LogP contribution in [0.5, 0.6) is 0 Å². The van der Waals surface area contributed by atoms with E-state index in [4.69, 9.17) is 10.5 Å². The van der Waals surface area contributed by atoms with Crippen LogP contribution in [-0.2, 0) is 9.53 Å².